The lowest BCUT2D eigenvalue weighted by Crippen LogP contribution is -2.49. The van der Waals surface area contributed by atoms with Crippen LogP contribution in [0.4, 0.5) is 10.5 Å². The molecule has 0 aromatic heterocycles. The first-order valence-electron chi connectivity index (χ1n) is 8.95. The minimum absolute atomic E-state index is 0.00131. The maximum Gasteiger partial charge on any atom is 0.327 e. The third kappa shape index (κ3) is 3.60. The normalized spacial score (nSPS) is 19.4. The van der Waals surface area contributed by atoms with Gasteiger partial charge in [-0.25, -0.2) is 13.2 Å². The predicted octanol–water partition coefficient (Wildman–Crippen LogP) is 2.28. The lowest BCUT2D eigenvalue weighted by Gasteiger charge is -2.35. The maximum atomic E-state index is 12.9. The molecular weight excluding hydrogens is 406 g/mol. The van der Waals surface area contributed by atoms with Gasteiger partial charge in [0.05, 0.1) is 15.6 Å². The Labute approximate surface area is 168 Å². The van der Waals surface area contributed by atoms with Crippen LogP contribution in [0.1, 0.15) is 32.1 Å². The molecular formula is C18H22ClN3O5S. The van der Waals surface area contributed by atoms with Crippen molar-refractivity contribution in [2.24, 2.45) is 0 Å². The number of carbonyl (C=O) groups excluding carboxylic acids is 3. The van der Waals surface area contributed by atoms with Crippen LogP contribution < -0.4 is 5.32 Å². The molecule has 0 bridgehead atoms. The smallest absolute Gasteiger partial charge is 0.323 e. The number of hydrogen-bond donors (Lipinski definition) is 1. The number of nitrogens with zero attached hydrogens (tertiary/aromatic N) is 2. The van der Waals surface area contributed by atoms with E-state index >= 15 is 0 Å². The van der Waals surface area contributed by atoms with Gasteiger partial charge in [0.1, 0.15) is 12.1 Å². The number of imide groups is 1. The third-order valence-corrected chi connectivity index (χ3v) is 6.87. The van der Waals surface area contributed by atoms with E-state index in [1.807, 2.05) is 0 Å². The molecule has 10 heteroatoms. The summed E-state index contributed by atoms with van der Waals surface area (Å²) in [6.45, 7) is -0.455. The van der Waals surface area contributed by atoms with Crippen molar-refractivity contribution in [3.63, 3.8) is 0 Å². The van der Waals surface area contributed by atoms with Crippen LogP contribution in [0.2, 0.25) is 5.02 Å². The van der Waals surface area contributed by atoms with E-state index < -0.39 is 33.9 Å². The van der Waals surface area contributed by atoms with Gasteiger partial charge in [0, 0.05) is 13.3 Å². The maximum absolute atomic E-state index is 12.9. The van der Waals surface area contributed by atoms with Crippen LogP contribution in [-0.2, 0) is 19.4 Å². The Morgan fingerprint density at radius 2 is 1.86 bits per heavy atom. The highest BCUT2D eigenvalue weighted by Crippen LogP contribution is 2.39. The molecule has 2 aliphatic rings. The van der Waals surface area contributed by atoms with Gasteiger partial charge in [0.15, 0.2) is 9.84 Å². The van der Waals surface area contributed by atoms with E-state index in [9.17, 15) is 22.8 Å². The van der Waals surface area contributed by atoms with Gasteiger partial charge in [-0.1, -0.05) is 30.9 Å². The van der Waals surface area contributed by atoms with Gasteiger partial charge in [-0.05, 0) is 31.0 Å². The van der Waals surface area contributed by atoms with Gasteiger partial charge in [-0.3, -0.25) is 14.5 Å². The molecule has 0 radical (unpaired) electrons. The molecule has 0 atom stereocenters. The molecule has 1 saturated heterocycles. The average Bonchev–Trinajstić information content (AvgIpc) is 2.80. The van der Waals surface area contributed by atoms with Gasteiger partial charge < -0.3 is 10.2 Å². The van der Waals surface area contributed by atoms with Crippen LogP contribution in [0.5, 0.6) is 0 Å². The van der Waals surface area contributed by atoms with E-state index in [-0.39, 0.29) is 21.5 Å². The van der Waals surface area contributed by atoms with Gasteiger partial charge in [-0.15, -0.1) is 0 Å². The number of likely N-dealkylation sites (N-methyl/N-ethyl adjacent to an activating group) is 1. The Balaban J connectivity index is 1.77. The number of anilines is 1. The van der Waals surface area contributed by atoms with Crippen molar-refractivity contribution < 1.29 is 22.8 Å². The van der Waals surface area contributed by atoms with E-state index in [1.54, 1.807) is 7.05 Å². The first-order valence-corrected chi connectivity index (χ1v) is 11.2. The number of amides is 4. The molecule has 152 valence electrons. The first kappa shape index (κ1) is 20.6. The minimum Gasteiger partial charge on any atom is -0.323 e. The minimum atomic E-state index is -3.48. The molecule has 28 heavy (non-hydrogen) atoms. The number of carbonyl (C=O) groups is 3. The van der Waals surface area contributed by atoms with Crippen molar-refractivity contribution in [3.05, 3.63) is 23.2 Å². The number of sulfone groups is 1. The Kier molecular flexibility index (Phi) is 5.42. The number of benzene rings is 1. The second-order valence-electron chi connectivity index (χ2n) is 7.29. The molecule has 2 fully saturated rings. The molecule has 1 aliphatic carbocycles. The molecule has 1 N–H and O–H groups in total. The number of urea groups is 1. The Morgan fingerprint density at radius 3 is 2.46 bits per heavy atom. The van der Waals surface area contributed by atoms with E-state index in [0.29, 0.717) is 12.8 Å². The molecule has 0 unspecified atom stereocenters. The van der Waals surface area contributed by atoms with Crippen LogP contribution in [0.25, 0.3) is 0 Å². The van der Waals surface area contributed by atoms with Gasteiger partial charge in [0.2, 0.25) is 5.91 Å². The highest BCUT2D eigenvalue weighted by atomic mass is 35.5. The van der Waals surface area contributed by atoms with Crippen molar-refractivity contribution in [1.82, 2.24) is 9.80 Å². The third-order valence-electron chi connectivity index (χ3n) is 5.43. The fraction of sp³-hybridized carbons (Fsp3) is 0.500. The zero-order valence-electron chi connectivity index (χ0n) is 15.7. The highest BCUT2D eigenvalue weighted by Gasteiger charge is 2.55. The van der Waals surface area contributed by atoms with Crippen LogP contribution in [0, 0.1) is 0 Å². The molecule has 4 amide bonds. The summed E-state index contributed by atoms with van der Waals surface area (Å²) in [7, 11) is -1.89. The fourth-order valence-electron chi connectivity index (χ4n) is 3.84. The van der Waals surface area contributed by atoms with Gasteiger partial charge >= 0.3 is 6.03 Å². The van der Waals surface area contributed by atoms with Crippen molar-refractivity contribution in [2.45, 2.75) is 42.5 Å². The predicted molar refractivity (Wildman–Crippen MR) is 104 cm³/mol. The van der Waals surface area contributed by atoms with E-state index in [2.05, 4.69) is 5.32 Å². The highest BCUT2D eigenvalue weighted by molar-refractivity contribution is 7.90. The Hall–Kier alpha value is -2.13. The van der Waals surface area contributed by atoms with Crippen LogP contribution in [0.3, 0.4) is 0 Å². The molecule has 1 heterocycles. The van der Waals surface area contributed by atoms with E-state index in [1.165, 1.54) is 23.1 Å². The molecule has 1 spiro atoms. The molecule has 1 aliphatic heterocycles. The summed E-state index contributed by atoms with van der Waals surface area (Å²) in [4.78, 5) is 40.4. The van der Waals surface area contributed by atoms with E-state index in [4.69, 9.17) is 11.6 Å². The quantitative estimate of drug-likeness (QED) is 0.742. The summed E-state index contributed by atoms with van der Waals surface area (Å²) in [5.74, 6) is -0.985. The Bertz CT molecular complexity index is 941. The fourth-order valence-corrected chi connectivity index (χ4v) is 4.65. The van der Waals surface area contributed by atoms with Gasteiger partial charge in [-0.2, -0.15) is 0 Å². The lowest BCUT2D eigenvalue weighted by molar-refractivity contribution is -0.136. The molecule has 1 saturated carbocycles. The zero-order chi connectivity index (χ0) is 20.7. The average molecular weight is 428 g/mol. The topological polar surface area (TPSA) is 104 Å². The summed E-state index contributed by atoms with van der Waals surface area (Å²) >= 11 is 6.04. The molecule has 8 nitrogen and oxygen atoms in total. The number of nitrogens with one attached hydrogen (secondary N) is 1. The molecule has 1 aromatic carbocycles. The summed E-state index contributed by atoms with van der Waals surface area (Å²) in [5.41, 5.74) is -0.752. The largest absolute Gasteiger partial charge is 0.327 e. The summed E-state index contributed by atoms with van der Waals surface area (Å²) in [6.07, 6.45) is 4.97. The number of rotatable bonds is 4. The first-order chi connectivity index (χ1) is 13.1. The van der Waals surface area contributed by atoms with Crippen molar-refractivity contribution in [1.29, 1.82) is 0 Å². The SMILES string of the molecule is CN1C(=O)N(CC(=O)Nc2cc(S(C)(=O)=O)ccc2Cl)C(=O)C12CCCCC2. The van der Waals surface area contributed by atoms with E-state index in [0.717, 1.165) is 30.4 Å². The standard InChI is InChI=1S/C18H22ClN3O5S/c1-21-17(25)22(16(24)18(21)8-4-3-5-9-18)11-15(23)20-14-10-12(28(2,26)27)6-7-13(14)19/h6-7,10H,3-5,8-9,11H2,1-2H3,(H,20,23). The summed E-state index contributed by atoms with van der Waals surface area (Å²) < 4.78 is 23.4. The lowest BCUT2D eigenvalue weighted by atomic mass is 9.81. The Morgan fingerprint density at radius 1 is 1.21 bits per heavy atom. The van der Waals surface area contributed by atoms with Crippen LogP contribution >= 0.6 is 11.6 Å². The second-order valence-corrected chi connectivity index (χ2v) is 9.71. The van der Waals surface area contributed by atoms with Crippen LogP contribution in [-0.4, -0.2) is 61.5 Å². The number of hydrogen-bond acceptors (Lipinski definition) is 5. The zero-order valence-corrected chi connectivity index (χ0v) is 17.3. The van der Waals surface area contributed by atoms with Crippen molar-refractivity contribution >= 4 is 45.0 Å². The summed E-state index contributed by atoms with van der Waals surface area (Å²) in [6, 6.07) is 3.45. The molecule has 3 rings (SSSR count). The van der Waals surface area contributed by atoms with Gasteiger partial charge in [0.25, 0.3) is 5.91 Å². The summed E-state index contributed by atoms with van der Waals surface area (Å²) in [5, 5.41) is 2.65. The van der Waals surface area contributed by atoms with Crippen LogP contribution in [0.15, 0.2) is 23.1 Å². The van der Waals surface area contributed by atoms with Crippen molar-refractivity contribution in [3.8, 4) is 0 Å². The monoisotopic (exact) mass is 427 g/mol. The van der Waals surface area contributed by atoms with Crippen molar-refractivity contribution in [2.75, 3.05) is 25.2 Å². The molecule has 1 aromatic rings. The number of halogens is 1. The second kappa shape index (κ2) is 7.36.